The number of fused-ring (bicyclic) bond motifs is 1. The van der Waals surface area contributed by atoms with Gasteiger partial charge in [-0.1, -0.05) is 60.2 Å². The third-order valence-electron chi connectivity index (χ3n) is 5.67. The second-order valence-corrected chi connectivity index (χ2v) is 9.07. The molecule has 172 valence electrons. The summed E-state index contributed by atoms with van der Waals surface area (Å²) in [5.41, 5.74) is 12.1. The van der Waals surface area contributed by atoms with Gasteiger partial charge in [0.05, 0.1) is 16.3 Å². The van der Waals surface area contributed by atoms with E-state index in [0.717, 1.165) is 33.3 Å². The van der Waals surface area contributed by atoms with Gasteiger partial charge in [-0.3, -0.25) is 14.9 Å². The van der Waals surface area contributed by atoms with Crippen LogP contribution in [0.25, 0.3) is 32.6 Å². The molecule has 35 heavy (non-hydrogen) atoms. The Balaban J connectivity index is 1.61. The monoisotopic (exact) mass is 480 g/mol. The average molecular weight is 481 g/mol. The number of amides is 1. The largest absolute Gasteiger partial charge is 0.397 e. The number of anilines is 2. The number of nitrogens with zero attached hydrogens (tertiary/aromatic N) is 2. The fourth-order valence-electron chi connectivity index (χ4n) is 3.86. The van der Waals surface area contributed by atoms with E-state index in [-0.39, 0.29) is 5.69 Å². The van der Waals surface area contributed by atoms with Gasteiger partial charge in [-0.15, -0.1) is 11.3 Å². The number of aromatic nitrogens is 1. The number of hydrogen-bond acceptors (Lipinski definition) is 6. The molecule has 3 N–H and O–H groups in total. The van der Waals surface area contributed by atoms with Gasteiger partial charge < -0.3 is 11.1 Å². The molecule has 0 radical (unpaired) electrons. The lowest BCUT2D eigenvalue weighted by Crippen LogP contribution is -2.11. The smallest absolute Gasteiger partial charge is 0.269 e. The lowest BCUT2D eigenvalue weighted by atomic mass is 9.99. The summed E-state index contributed by atoms with van der Waals surface area (Å²) >= 11 is 1.22. The summed E-state index contributed by atoms with van der Waals surface area (Å²) in [6, 6.07) is 25.6. The van der Waals surface area contributed by atoms with E-state index >= 15 is 0 Å². The van der Waals surface area contributed by atoms with Gasteiger partial charge in [-0.05, 0) is 36.2 Å². The Morgan fingerprint density at radius 1 is 0.971 bits per heavy atom. The molecule has 1 amide bonds. The molecule has 0 saturated carbocycles. The summed E-state index contributed by atoms with van der Waals surface area (Å²) in [5, 5.41) is 14.4. The molecule has 5 aromatic rings. The second kappa shape index (κ2) is 9.00. The van der Waals surface area contributed by atoms with Crippen LogP contribution in [-0.4, -0.2) is 15.8 Å². The van der Waals surface area contributed by atoms with Crippen LogP contribution >= 0.6 is 11.3 Å². The van der Waals surface area contributed by atoms with Crippen molar-refractivity contribution in [2.75, 3.05) is 11.1 Å². The van der Waals surface area contributed by atoms with Gasteiger partial charge in [0.15, 0.2) is 0 Å². The second-order valence-electron chi connectivity index (χ2n) is 8.07. The zero-order valence-electron chi connectivity index (χ0n) is 18.7. The number of non-ortho nitro benzene ring substituents is 1. The zero-order valence-corrected chi connectivity index (χ0v) is 19.5. The molecule has 5 rings (SSSR count). The van der Waals surface area contributed by atoms with E-state index in [1.807, 2.05) is 67.6 Å². The molecule has 2 aromatic heterocycles. The van der Waals surface area contributed by atoms with Crippen molar-refractivity contribution in [3.8, 4) is 22.4 Å². The van der Waals surface area contributed by atoms with Crippen LogP contribution in [0.1, 0.15) is 15.2 Å². The van der Waals surface area contributed by atoms with Crippen LogP contribution in [-0.2, 0) is 0 Å². The molecular weight excluding hydrogens is 460 g/mol. The van der Waals surface area contributed by atoms with Gasteiger partial charge in [0.2, 0.25) is 0 Å². The summed E-state index contributed by atoms with van der Waals surface area (Å²) in [6.07, 6.45) is 0. The van der Waals surface area contributed by atoms with Crippen LogP contribution in [0, 0.1) is 17.0 Å². The molecule has 8 heteroatoms. The number of nitro benzene ring substituents is 1. The predicted octanol–water partition coefficient (Wildman–Crippen LogP) is 6.68. The number of carbonyl (C=O) groups is 1. The summed E-state index contributed by atoms with van der Waals surface area (Å²) < 4.78 is 0. The topological polar surface area (TPSA) is 111 Å². The van der Waals surface area contributed by atoms with E-state index in [2.05, 4.69) is 5.32 Å². The lowest BCUT2D eigenvalue weighted by Gasteiger charge is -2.09. The highest BCUT2D eigenvalue weighted by Gasteiger charge is 2.22. The first-order valence-corrected chi connectivity index (χ1v) is 11.6. The minimum Gasteiger partial charge on any atom is -0.397 e. The van der Waals surface area contributed by atoms with E-state index < -0.39 is 10.8 Å². The fourth-order valence-corrected chi connectivity index (χ4v) is 4.88. The predicted molar refractivity (Wildman–Crippen MR) is 141 cm³/mol. The van der Waals surface area contributed by atoms with Crippen molar-refractivity contribution >= 4 is 44.5 Å². The Hall–Kier alpha value is -4.56. The molecule has 0 aliphatic heterocycles. The van der Waals surface area contributed by atoms with Crippen molar-refractivity contribution in [1.82, 2.24) is 4.98 Å². The number of carbonyl (C=O) groups excluding carboxylic acids is 1. The van der Waals surface area contributed by atoms with Crippen LogP contribution in [0.15, 0.2) is 84.9 Å². The van der Waals surface area contributed by atoms with Gasteiger partial charge >= 0.3 is 0 Å². The number of nitro groups is 1. The van der Waals surface area contributed by atoms with Gasteiger partial charge in [-0.2, -0.15) is 0 Å². The van der Waals surface area contributed by atoms with Gasteiger partial charge in [0, 0.05) is 28.8 Å². The fraction of sp³-hybridized carbons (Fsp3) is 0.0370. The maximum absolute atomic E-state index is 13.1. The summed E-state index contributed by atoms with van der Waals surface area (Å²) in [7, 11) is 0. The molecule has 7 nitrogen and oxygen atoms in total. The first kappa shape index (κ1) is 22.2. The maximum Gasteiger partial charge on any atom is 0.269 e. The van der Waals surface area contributed by atoms with Gasteiger partial charge in [-0.25, -0.2) is 4.98 Å². The van der Waals surface area contributed by atoms with E-state index in [4.69, 9.17) is 10.7 Å². The maximum atomic E-state index is 13.1. The number of aryl methyl sites for hydroxylation is 1. The summed E-state index contributed by atoms with van der Waals surface area (Å²) in [6.45, 7) is 2.03. The van der Waals surface area contributed by atoms with Crippen molar-refractivity contribution in [1.29, 1.82) is 0 Å². The first-order chi connectivity index (χ1) is 16.9. The highest BCUT2D eigenvalue weighted by Crippen LogP contribution is 2.41. The molecule has 0 unspecified atom stereocenters. The lowest BCUT2D eigenvalue weighted by molar-refractivity contribution is -0.384. The van der Waals surface area contributed by atoms with Crippen molar-refractivity contribution in [2.45, 2.75) is 6.92 Å². The minimum absolute atomic E-state index is 0.0512. The molecular formula is C27H20N4O3S. The van der Waals surface area contributed by atoms with Crippen LogP contribution in [0.4, 0.5) is 17.1 Å². The number of benzene rings is 3. The summed E-state index contributed by atoms with van der Waals surface area (Å²) in [4.78, 5) is 29.4. The number of nitrogens with one attached hydrogen (secondary N) is 1. The molecule has 0 bridgehead atoms. The van der Waals surface area contributed by atoms with Crippen molar-refractivity contribution in [2.24, 2.45) is 0 Å². The summed E-state index contributed by atoms with van der Waals surface area (Å²) in [5.74, 6) is -0.393. The molecule has 0 aliphatic rings. The van der Waals surface area contributed by atoms with Gasteiger partial charge in [0.1, 0.15) is 9.71 Å². The molecule has 0 fully saturated rings. The third-order valence-corrected chi connectivity index (χ3v) is 6.77. The Morgan fingerprint density at radius 3 is 2.31 bits per heavy atom. The van der Waals surface area contributed by atoms with Crippen LogP contribution in [0.5, 0.6) is 0 Å². The molecule has 2 heterocycles. The number of nitrogens with two attached hydrogens (primary N) is 1. The van der Waals surface area contributed by atoms with E-state index in [1.165, 1.54) is 35.6 Å². The van der Waals surface area contributed by atoms with Crippen molar-refractivity contribution < 1.29 is 9.72 Å². The van der Waals surface area contributed by atoms with E-state index in [9.17, 15) is 14.9 Å². The van der Waals surface area contributed by atoms with Crippen LogP contribution in [0.3, 0.4) is 0 Å². The Morgan fingerprint density at radius 2 is 1.66 bits per heavy atom. The number of rotatable bonds is 5. The van der Waals surface area contributed by atoms with Crippen LogP contribution in [0.2, 0.25) is 0 Å². The van der Waals surface area contributed by atoms with Crippen molar-refractivity contribution in [3.63, 3.8) is 0 Å². The number of hydrogen-bond donors (Lipinski definition) is 2. The third kappa shape index (κ3) is 4.34. The molecule has 0 spiro atoms. The zero-order chi connectivity index (χ0) is 24.5. The van der Waals surface area contributed by atoms with E-state index in [0.29, 0.717) is 21.1 Å². The highest BCUT2D eigenvalue weighted by atomic mass is 32.1. The number of pyridine rings is 1. The number of thiophene rings is 1. The normalized spacial score (nSPS) is 10.9. The van der Waals surface area contributed by atoms with Crippen molar-refractivity contribution in [3.05, 3.63) is 105 Å². The van der Waals surface area contributed by atoms with E-state index in [1.54, 1.807) is 0 Å². The SMILES string of the molecule is Cc1ccc(-c2cc(-c3ccccc3)c3c(N)c(C(=O)Nc4ccc([N+](=O)[O-])cc4)sc3n2)cc1. The standard InChI is InChI=1S/C27H20N4O3S/c1-16-7-9-18(10-8-16)22-15-21(17-5-3-2-4-6-17)23-24(28)25(35-27(23)30-22)26(32)29-19-11-13-20(14-12-19)31(33)34/h2-15H,28H2,1H3,(H,29,32). The Kier molecular flexibility index (Phi) is 5.72. The molecule has 3 aromatic carbocycles. The Labute approximate surface area is 205 Å². The highest BCUT2D eigenvalue weighted by molar-refractivity contribution is 7.21. The minimum atomic E-state index is -0.488. The average Bonchev–Trinajstić information content (AvgIpc) is 3.21. The number of nitrogen functional groups attached to an aromatic ring is 1. The molecule has 0 atom stereocenters. The van der Waals surface area contributed by atoms with Crippen LogP contribution < -0.4 is 11.1 Å². The van der Waals surface area contributed by atoms with Gasteiger partial charge in [0.25, 0.3) is 11.6 Å². The quantitative estimate of drug-likeness (QED) is 0.215. The molecule has 0 aliphatic carbocycles. The first-order valence-electron chi connectivity index (χ1n) is 10.8. The Bertz CT molecular complexity index is 1560. The molecule has 0 saturated heterocycles.